The molecule has 0 fully saturated rings. The average molecular weight is 361 g/mol. The molecule has 0 aromatic rings. The van der Waals surface area contributed by atoms with Crippen LogP contribution in [0.25, 0.3) is 0 Å². The van der Waals surface area contributed by atoms with E-state index in [0.717, 1.165) is 20.6 Å². The molecule has 5 heavy (non-hydrogen) atoms. The van der Waals surface area contributed by atoms with Crippen molar-refractivity contribution < 1.29 is 36.5 Å². The van der Waals surface area contributed by atoms with Crippen molar-refractivity contribution in [1.82, 2.24) is 0 Å². The number of rotatable bonds is 0. The van der Waals surface area contributed by atoms with Crippen LogP contribution < -0.4 is 0 Å². The molecule has 31 valence electrons. The van der Waals surface area contributed by atoms with E-state index in [2.05, 4.69) is 9.29 Å². The Balaban J connectivity index is -0.00000000167. The third-order valence-corrected chi connectivity index (χ3v) is 0. The summed E-state index contributed by atoms with van der Waals surface area (Å²) in [5.74, 6) is 0. The van der Waals surface area contributed by atoms with Gasteiger partial charge in [-0.3, -0.25) is 0 Å². The van der Waals surface area contributed by atoms with E-state index >= 15 is 0 Å². The molecule has 3 radical (unpaired) electrons. The van der Waals surface area contributed by atoms with E-state index in [9.17, 15) is 0 Å². The van der Waals surface area contributed by atoms with Crippen LogP contribution in [0.15, 0.2) is 0 Å². The second kappa shape index (κ2) is 30.0. The Morgan fingerprint density at radius 3 is 1.20 bits per heavy atom. The summed E-state index contributed by atoms with van der Waals surface area (Å²) in [5.41, 5.74) is 0. The molecule has 0 saturated carbocycles. The molecule has 0 heterocycles. The van der Waals surface area contributed by atoms with E-state index in [4.69, 9.17) is 0 Å². The van der Waals surface area contributed by atoms with Gasteiger partial charge in [0.15, 0.2) is 0 Å². The second-order valence-corrected chi connectivity index (χ2v) is 0. The number of hydrogen-bond acceptors (Lipinski definition) is 1. The Labute approximate surface area is 82.2 Å². The van der Waals surface area contributed by atoms with Crippen molar-refractivity contribution in [3.8, 4) is 0 Å². The topological polar surface area (TPSA) is 0 Å². The summed E-state index contributed by atoms with van der Waals surface area (Å²) < 4.78 is 0. The van der Waals surface area contributed by atoms with Crippen LogP contribution >= 0.6 is 9.29 Å². The first kappa shape index (κ1) is 25.3. The van der Waals surface area contributed by atoms with Crippen molar-refractivity contribution in [1.29, 1.82) is 0 Å². The molecule has 0 rings (SSSR count). The van der Waals surface area contributed by atoms with E-state index in [1.165, 1.54) is 0 Å². The normalized spacial score (nSPS) is 0.800. The Kier molecular flexibility index (Phi) is 152. The first-order valence-corrected chi connectivity index (χ1v) is 4.11. The zero-order valence-corrected chi connectivity index (χ0v) is 12.1. The van der Waals surface area contributed by atoms with Crippen LogP contribution in [0.5, 0.6) is 0 Å². The van der Waals surface area contributed by atoms with E-state index in [0.29, 0.717) is 0 Å². The largest absolute Gasteiger partial charge is 0 e. The van der Waals surface area contributed by atoms with Gasteiger partial charge in [0, 0.05) is 36.5 Å². The van der Waals surface area contributed by atoms with E-state index < -0.39 is 0 Å². The Hall–Kier alpha value is 2.68. The van der Waals surface area contributed by atoms with Gasteiger partial charge >= 0.3 is 46.9 Å². The van der Waals surface area contributed by atoms with Gasteiger partial charge in [0.1, 0.15) is 0 Å². The Morgan fingerprint density at radius 1 is 1.20 bits per heavy atom. The van der Waals surface area contributed by atoms with Crippen molar-refractivity contribution in [3.63, 3.8) is 0 Å². The van der Waals surface area contributed by atoms with Crippen molar-refractivity contribution in [3.05, 3.63) is 0 Å². The molecule has 0 unspecified atom stereocenters. The summed E-state index contributed by atoms with van der Waals surface area (Å²) in [4.78, 5) is 0. The fraction of sp³-hybridized carbons (Fsp3) is 0. The minimum absolute atomic E-state index is 0. The molecule has 0 spiro atoms. The number of hydrogen-bond donors (Lipinski definition) is 0. The predicted octanol–water partition coefficient (Wildman–Crippen LogP) is -0.654. The molecule has 0 atom stereocenters. The van der Waals surface area contributed by atoms with Crippen molar-refractivity contribution in [2.75, 3.05) is 0 Å². The molecule has 0 N–H and O–H groups in total. The van der Waals surface area contributed by atoms with Gasteiger partial charge in [0.2, 0.25) is 0 Å². The summed E-state index contributed by atoms with van der Waals surface area (Å²) in [6.45, 7) is 0. The molecule has 0 aromatic heterocycles. The van der Waals surface area contributed by atoms with Crippen LogP contribution in [0.3, 0.4) is 0 Å². The fourth-order valence-corrected chi connectivity index (χ4v) is 0. The van der Waals surface area contributed by atoms with Crippen LogP contribution in [0.1, 0.15) is 0 Å². The van der Waals surface area contributed by atoms with Gasteiger partial charge in [0.25, 0.3) is 0 Å². The van der Waals surface area contributed by atoms with Gasteiger partial charge in [-0.1, -0.05) is 0 Å². The molecule has 0 amide bonds. The van der Waals surface area contributed by atoms with Gasteiger partial charge in [-0.25, -0.2) is 0 Å². The summed E-state index contributed by atoms with van der Waals surface area (Å²) in [6.07, 6.45) is 0. The van der Waals surface area contributed by atoms with Crippen molar-refractivity contribution in [2.24, 2.45) is 0 Å². The minimum Gasteiger partial charge on any atom is 0 e. The fourth-order valence-electron chi connectivity index (χ4n) is 0. The van der Waals surface area contributed by atoms with E-state index in [1.54, 1.807) is 0 Å². The molecule has 0 bridgehead atoms. The molecule has 0 nitrogen and oxygen atoms in total. The summed E-state index contributed by atoms with van der Waals surface area (Å²) in [7, 11) is 4.17. The van der Waals surface area contributed by atoms with E-state index in [1.807, 2.05) is 0 Å². The van der Waals surface area contributed by atoms with Crippen LogP contribution in [-0.2, 0) is 36.5 Å². The molecular formula is H2CuSSeSnZn. The van der Waals surface area contributed by atoms with Gasteiger partial charge in [0.05, 0.1) is 0 Å². The molecule has 0 aromatic carbocycles. The SMILES string of the molecule is [Cu].[S]=[Sn].[SeH2].[Zn]. The van der Waals surface area contributed by atoms with Gasteiger partial charge in [-0.15, -0.1) is 0 Å². The summed E-state index contributed by atoms with van der Waals surface area (Å²) in [5, 5.41) is 0. The minimum atomic E-state index is 0. The Morgan fingerprint density at radius 2 is 1.20 bits per heavy atom. The van der Waals surface area contributed by atoms with Gasteiger partial charge in [-0.2, -0.15) is 0 Å². The smallest absolute Gasteiger partial charge is 0 e. The monoisotopic (exact) mass is 361 g/mol. The third-order valence-electron chi connectivity index (χ3n) is 0. The van der Waals surface area contributed by atoms with Crippen molar-refractivity contribution >= 4 is 46.9 Å². The van der Waals surface area contributed by atoms with Crippen LogP contribution in [0, 0.1) is 0 Å². The summed E-state index contributed by atoms with van der Waals surface area (Å²) >= 11 is 1.13. The van der Waals surface area contributed by atoms with E-state index in [-0.39, 0.29) is 53.6 Å². The maximum atomic E-state index is 4.17. The molecule has 0 aliphatic carbocycles. The molecule has 0 aliphatic heterocycles. The van der Waals surface area contributed by atoms with Crippen molar-refractivity contribution in [2.45, 2.75) is 0 Å². The van der Waals surface area contributed by atoms with Crippen LogP contribution in [0.4, 0.5) is 0 Å². The molecule has 5 heteroatoms. The summed E-state index contributed by atoms with van der Waals surface area (Å²) in [6, 6.07) is 0. The first-order valence-electron chi connectivity index (χ1n) is 0.204. The quantitative estimate of drug-likeness (QED) is 0.517. The zero-order valence-electron chi connectivity index (χ0n) is 2.42. The Bertz CT molecular complexity index is 11.6. The van der Waals surface area contributed by atoms with Gasteiger partial charge in [-0.05, 0) is 0 Å². The van der Waals surface area contributed by atoms with Gasteiger partial charge < -0.3 is 0 Å². The first-order chi connectivity index (χ1) is 1.00. The average Bonchev–Trinajstić information content (AvgIpc) is 1.00. The van der Waals surface area contributed by atoms with Crippen LogP contribution in [0.2, 0.25) is 0 Å². The zero-order chi connectivity index (χ0) is 2.00. The molecule has 0 saturated heterocycles. The predicted molar refractivity (Wildman–Crippen MR) is 21.9 cm³/mol. The standard InChI is InChI=1S/Cu.S.H2Se.Sn.Zn/h;;1H2;;. The molecule has 0 aliphatic rings. The van der Waals surface area contributed by atoms with Crippen LogP contribution in [-0.4, -0.2) is 37.6 Å². The maximum Gasteiger partial charge on any atom is 0 e. The second-order valence-electron chi connectivity index (χ2n) is 0. The maximum absolute atomic E-state index is 4.17. The third kappa shape index (κ3) is 20.4. The molecular weight excluding hydrogens is 359 g/mol.